The summed E-state index contributed by atoms with van der Waals surface area (Å²) in [6.45, 7) is 2.14. The van der Waals surface area contributed by atoms with E-state index in [2.05, 4.69) is 24.5 Å². The summed E-state index contributed by atoms with van der Waals surface area (Å²) in [5.74, 6) is -6.14. The van der Waals surface area contributed by atoms with Gasteiger partial charge in [-0.1, -0.05) is 225 Å². The molecule has 0 bridgehead atoms. The highest BCUT2D eigenvalue weighted by Crippen LogP contribution is 2.39. The van der Waals surface area contributed by atoms with Crippen molar-refractivity contribution < 1.29 is 104 Å². The first-order valence-corrected chi connectivity index (χ1v) is 34.6. The van der Waals surface area contributed by atoms with Gasteiger partial charge >= 0.3 is 5.97 Å². The molecule has 18 atom stereocenters. The van der Waals surface area contributed by atoms with E-state index in [1.807, 2.05) is 6.08 Å². The van der Waals surface area contributed by atoms with Crippen LogP contribution in [0.15, 0.2) is 12.2 Å². The standard InChI is InChI=1S/C66H122N2O21/c1-4-6-8-10-12-14-16-18-19-20-21-22-23-24-25-26-28-30-32-34-36-38-40-53(76)68-47(48(73)39-37-35-33-31-29-27-17-15-13-11-9-7-5-2)45-84-63-58(80)57(79)60(52(44-71)86-63)87-64-59(81)62(56(78)51(43-70)85-64)89-66(65(82)83)41-49(74)54(67-46(3)72)61(88-66)55(77)50(75)42-69/h37,39,47-52,54-64,69-71,73-75,77-81H,4-36,38,40-45H2,1-3H3,(H,67,72)(H,68,76)(H,82,83)/b39-37+. The van der Waals surface area contributed by atoms with Crippen molar-refractivity contribution in [3.63, 3.8) is 0 Å². The minimum Gasteiger partial charge on any atom is -0.477 e. The summed E-state index contributed by atoms with van der Waals surface area (Å²) in [5, 5.41) is 136. The van der Waals surface area contributed by atoms with E-state index < -0.39 is 155 Å². The van der Waals surface area contributed by atoms with Crippen LogP contribution in [0, 0.1) is 0 Å². The molecule has 0 aromatic heterocycles. The van der Waals surface area contributed by atoms with E-state index in [-0.39, 0.29) is 12.3 Å². The molecule has 522 valence electrons. The van der Waals surface area contributed by atoms with Gasteiger partial charge in [-0.2, -0.15) is 0 Å². The van der Waals surface area contributed by atoms with Gasteiger partial charge in [0.15, 0.2) is 12.6 Å². The molecule has 3 aliphatic heterocycles. The number of carboxylic acid groups (broad SMARTS) is 1. The molecule has 3 aliphatic rings. The number of unbranched alkanes of at least 4 members (excludes halogenated alkanes) is 32. The number of carboxylic acids is 1. The Hall–Kier alpha value is -2.53. The van der Waals surface area contributed by atoms with Crippen LogP contribution in [0.25, 0.3) is 0 Å². The summed E-state index contributed by atoms with van der Waals surface area (Å²) in [6.07, 6.45) is 15.5. The molecule has 0 saturated carbocycles. The van der Waals surface area contributed by atoms with E-state index in [4.69, 9.17) is 28.4 Å². The Morgan fingerprint density at radius 1 is 0.584 bits per heavy atom. The topological polar surface area (TPSA) is 373 Å². The fourth-order valence-corrected chi connectivity index (χ4v) is 12.2. The quantitative estimate of drug-likeness (QED) is 0.0249. The third kappa shape index (κ3) is 30.2. The highest BCUT2D eigenvalue weighted by molar-refractivity contribution is 5.77. The number of nitrogens with one attached hydrogen (secondary N) is 2. The predicted octanol–water partition coefficient (Wildman–Crippen LogP) is 5.90. The third-order valence-electron chi connectivity index (χ3n) is 17.7. The minimum absolute atomic E-state index is 0.205. The van der Waals surface area contributed by atoms with Crippen LogP contribution in [-0.4, -0.2) is 215 Å². The van der Waals surface area contributed by atoms with Gasteiger partial charge in [-0.15, -0.1) is 0 Å². The van der Waals surface area contributed by atoms with Crippen LogP contribution >= 0.6 is 0 Å². The zero-order valence-corrected chi connectivity index (χ0v) is 54.3. The molecule has 3 heterocycles. The Kier molecular flexibility index (Phi) is 43.0. The van der Waals surface area contributed by atoms with Crippen molar-refractivity contribution in [1.82, 2.24) is 10.6 Å². The lowest BCUT2D eigenvalue weighted by Gasteiger charge is -2.50. The lowest BCUT2D eigenvalue weighted by Crippen LogP contribution is -2.70. The molecule has 3 fully saturated rings. The third-order valence-corrected chi connectivity index (χ3v) is 17.7. The molecular formula is C66H122N2O21. The van der Waals surface area contributed by atoms with E-state index in [0.717, 1.165) is 51.9 Å². The number of ether oxygens (including phenoxy) is 6. The molecule has 0 aromatic carbocycles. The smallest absolute Gasteiger partial charge is 0.364 e. The van der Waals surface area contributed by atoms with Gasteiger partial charge in [-0.05, 0) is 19.3 Å². The van der Waals surface area contributed by atoms with Crippen molar-refractivity contribution in [2.45, 2.75) is 362 Å². The summed E-state index contributed by atoms with van der Waals surface area (Å²) in [7, 11) is 0. The lowest BCUT2D eigenvalue weighted by atomic mass is 9.88. The minimum atomic E-state index is -3.08. The normalized spacial score (nSPS) is 28.8. The number of aliphatic hydroxyl groups is 11. The van der Waals surface area contributed by atoms with Crippen molar-refractivity contribution in [2.24, 2.45) is 0 Å². The van der Waals surface area contributed by atoms with Crippen LogP contribution in [-0.2, 0) is 42.8 Å². The lowest BCUT2D eigenvalue weighted by molar-refractivity contribution is -0.386. The van der Waals surface area contributed by atoms with E-state index in [1.165, 1.54) is 161 Å². The summed E-state index contributed by atoms with van der Waals surface area (Å²) in [5.41, 5.74) is 0. The number of hydrogen-bond acceptors (Lipinski definition) is 20. The maximum absolute atomic E-state index is 13.4. The summed E-state index contributed by atoms with van der Waals surface area (Å²) < 4.78 is 34.8. The maximum Gasteiger partial charge on any atom is 0.364 e. The largest absolute Gasteiger partial charge is 0.477 e. The number of amides is 2. The first kappa shape index (κ1) is 80.7. The average Bonchev–Trinajstić information content (AvgIpc) is 0.874. The first-order chi connectivity index (χ1) is 42.9. The second-order valence-electron chi connectivity index (χ2n) is 25.4. The van der Waals surface area contributed by atoms with Gasteiger partial charge in [-0.25, -0.2) is 4.79 Å². The van der Waals surface area contributed by atoms with Gasteiger partial charge in [0.05, 0.1) is 50.7 Å². The number of rotatable bonds is 52. The molecule has 0 aromatic rings. The van der Waals surface area contributed by atoms with Crippen molar-refractivity contribution in [2.75, 3.05) is 26.4 Å². The number of carbonyl (C=O) groups is 3. The number of carbonyl (C=O) groups excluding carboxylic acids is 2. The molecule has 0 radical (unpaired) electrons. The monoisotopic (exact) mass is 1280 g/mol. The highest BCUT2D eigenvalue weighted by atomic mass is 16.8. The van der Waals surface area contributed by atoms with Gasteiger partial charge in [0.2, 0.25) is 11.8 Å². The summed E-state index contributed by atoms with van der Waals surface area (Å²) in [4.78, 5) is 38.5. The molecule has 3 saturated heterocycles. The Labute approximate surface area is 531 Å². The number of hydrogen-bond donors (Lipinski definition) is 14. The van der Waals surface area contributed by atoms with Gasteiger partial charge in [0, 0.05) is 19.8 Å². The molecular weight excluding hydrogens is 1160 g/mol. The van der Waals surface area contributed by atoms with Crippen molar-refractivity contribution in [3.05, 3.63) is 12.2 Å². The van der Waals surface area contributed by atoms with E-state index in [9.17, 15) is 75.7 Å². The molecule has 0 aliphatic carbocycles. The Balaban J connectivity index is 1.58. The zero-order chi connectivity index (χ0) is 65.4. The highest BCUT2D eigenvalue weighted by Gasteiger charge is 2.60. The first-order valence-electron chi connectivity index (χ1n) is 34.6. The average molecular weight is 1280 g/mol. The van der Waals surface area contributed by atoms with Crippen molar-refractivity contribution >= 4 is 17.8 Å². The van der Waals surface area contributed by atoms with Gasteiger partial charge in [-0.3, -0.25) is 9.59 Å². The van der Waals surface area contributed by atoms with Crippen LogP contribution < -0.4 is 10.6 Å². The van der Waals surface area contributed by atoms with Crippen LogP contribution in [0.2, 0.25) is 0 Å². The number of allylic oxidation sites excluding steroid dienone is 1. The molecule has 89 heavy (non-hydrogen) atoms. The van der Waals surface area contributed by atoms with Gasteiger partial charge in [0.1, 0.15) is 67.1 Å². The fraction of sp³-hybridized carbons (Fsp3) is 0.924. The fourth-order valence-electron chi connectivity index (χ4n) is 12.2. The molecule has 18 unspecified atom stereocenters. The van der Waals surface area contributed by atoms with Crippen molar-refractivity contribution in [3.8, 4) is 0 Å². The van der Waals surface area contributed by atoms with Crippen LogP contribution in [0.5, 0.6) is 0 Å². The second kappa shape index (κ2) is 47.4. The molecule has 0 spiro atoms. The SMILES string of the molecule is CCCCCCCCCCCCC/C=C/C(O)C(COC1OC(CO)C(OC2OC(CO)C(O)C(OC3(C(=O)O)CC(O)C(NC(C)=O)C(C(O)C(O)CO)O3)C2O)C(O)C1O)NC(=O)CCCCCCCCCCCCCCCCCCCCCCCC. The van der Waals surface area contributed by atoms with E-state index in [0.29, 0.717) is 12.8 Å². The van der Waals surface area contributed by atoms with E-state index >= 15 is 0 Å². The summed E-state index contributed by atoms with van der Waals surface area (Å²) in [6, 6.07) is -2.61. The van der Waals surface area contributed by atoms with Crippen LogP contribution in [0.3, 0.4) is 0 Å². The predicted molar refractivity (Wildman–Crippen MR) is 334 cm³/mol. The van der Waals surface area contributed by atoms with E-state index in [1.54, 1.807) is 6.08 Å². The van der Waals surface area contributed by atoms with Crippen LogP contribution in [0.4, 0.5) is 0 Å². The van der Waals surface area contributed by atoms with Crippen LogP contribution in [0.1, 0.15) is 252 Å². The molecule has 23 heteroatoms. The Morgan fingerprint density at radius 2 is 1.04 bits per heavy atom. The number of aliphatic hydroxyl groups excluding tert-OH is 11. The van der Waals surface area contributed by atoms with Crippen molar-refractivity contribution in [1.29, 1.82) is 0 Å². The summed E-state index contributed by atoms with van der Waals surface area (Å²) >= 11 is 0. The molecule has 23 nitrogen and oxygen atoms in total. The molecule has 14 N–H and O–H groups in total. The zero-order valence-electron chi connectivity index (χ0n) is 54.3. The maximum atomic E-state index is 13.4. The number of aliphatic carboxylic acids is 1. The van der Waals surface area contributed by atoms with Gasteiger partial charge < -0.3 is 100 Å². The Morgan fingerprint density at radius 3 is 1.49 bits per heavy atom. The second-order valence-corrected chi connectivity index (χ2v) is 25.4. The Bertz CT molecular complexity index is 1860. The molecule has 2 amide bonds. The van der Waals surface area contributed by atoms with Gasteiger partial charge in [0.25, 0.3) is 5.79 Å². The molecule has 3 rings (SSSR count).